The average molecular weight is 310 g/mol. The molecule has 8 heteroatoms. The van der Waals surface area contributed by atoms with Gasteiger partial charge in [-0.2, -0.15) is 0 Å². The summed E-state index contributed by atoms with van der Waals surface area (Å²) in [6, 6.07) is 0. The molecule has 3 amide bonds. The Kier molecular flexibility index (Phi) is 8.49. The first-order valence-corrected chi connectivity index (χ1v) is 6.88. The van der Waals surface area contributed by atoms with Crippen LogP contribution in [0.15, 0.2) is 0 Å². The maximum absolute atomic E-state index is 11.5. The smallest absolute Gasteiger partial charge is 0.306 e. The number of ether oxygens (including phenoxy) is 2. The summed E-state index contributed by atoms with van der Waals surface area (Å²) in [6.45, 7) is 1.80. The van der Waals surface area contributed by atoms with Crippen LogP contribution in [0.3, 0.4) is 0 Å². The Morgan fingerprint density at radius 1 is 1.09 bits per heavy atom. The highest BCUT2D eigenvalue weighted by Gasteiger charge is 2.23. The van der Waals surface area contributed by atoms with E-state index in [4.69, 9.17) is 9.47 Å². The third-order valence-electron chi connectivity index (χ3n) is 2.65. The van der Waals surface area contributed by atoms with E-state index < -0.39 is 11.8 Å². The Morgan fingerprint density at radius 3 is 2.36 bits per heavy atom. The topological polar surface area (TPSA) is 102 Å². The van der Waals surface area contributed by atoms with Gasteiger partial charge in [0.1, 0.15) is 6.29 Å². The first-order valence-electron chi connectivity index (χ1n) is 6.88. The Morgan fingerprint density at radius 2 is 1.73 bits per heavy atom. The van der Waals surface area contributed by atoms with Crippen molar-refractivity contribution in [1.82, 2.24) is 10.2 Å². The summed E-state index contributed by atoms with van der Waals surface area (Å²) < 4.78 is 10.3. The molecule has 0 aromatic carbocycles. The fourth-order valence-electron chi connectivity index (χ4n) is 1.55. The van der Waals surface area contributed by atoms with E-state index in [2.05, 4.69) is 17.2 Å². The van der Waals surface area contributed by atoms with E-state index in [0.717, 1.165) is 11.2 Å². The van der Waals surface area contributed by atoms with Crippen LogP contribution in [-0.4, -0.2) is 68.4 Å². The molecule has 0 unspecified atom stereocenters. The zero-order valence-electron chi connectivity index (χ0n) is 12.1. The number of hydrogen-bond acceptors (Lipinski definition) is 6. The predicted molar refractivity (Wildman–Crippen MR) is 74.4 cm³/mol. The largest absolute Gasteiger partial charge is 0.379 e. The molecule has 8 nitrogen and oxygen atoms in total. The van der Waals surface area contributed by atoms with Crippen molar-refractivity contribution in [2.45, 2.75) is 12.8 Å². The molecule has 1 aliphatic heterocycles. The van der Waals surface area contributed by atoms with Crippen LogP contribution < -0.4 is 5.32 Å². The van der Waals surface area contributed by atoms with E-state index in [1.807, 2.05) is 0 Å². The maximum Gasteiger partial charge on any atom is 0.306 e. The van der Waals surface area contributed by atoms with Crippen molar-refractivity contribution in [3.05, 3.63) is 0 Å². The summed E-state index contributed by atoms with van der Waals surface area (Å²) in [7, 11) is 0. The van der Waals surface area contributed by atoms with Gasteiger partial charge in [-0.1, -0.05) is 0 Å². The lowest BCUT2D eigenvalue weighted by Crippen LogP contribution is -2.36. The third-order valence-corrected chi connectivity index (χ3v) is 2.65. The number of nitrogens with zero attached hydrogens (tertiary/aromatic N) is 1. The molecule has 0 bridgehead atoms. The van der Waals surface area contributed by atoms with E-state index in [-0.39, 0.29) is 18.9 Å². The van der Waals surface area contributed by atoms with Crippen molar-refractivity contribution >= 4 is 24.0 Å². The zero-order chi connectivity index (χ0) is 16.2. The number of aldehydes is 1. The number of amides is 3. The summed E-state index contributed by atoms with van der Waals surface area (Å²) >= 11 is 0. The van der Waals surface area contributed by atoms with Crippen LogP contribution in [0.4, 0.5) is 0 Å². The minimum atomic E-state index is -0.573. The Labute approximate surface area is 128 Å². The molecule has 22 heavy (non-hydrogen) atoms. The lowest BCUT2D eigenvalue weighted by atomic mass is 10.3. The van der Waals surface area contributed by atoms with Crippen molar-refractivity contribution in [1.29, 1.82) is 0 Å². The second kappa shape index (κ2) is 10.5. The number of imide groups is 1. The summed E-state index contributed by atoms with van der Waals surface area (Å²) in [5, 5.41) is 2.61. The molecule has 1 rings (SSSR count). The van der Waals surface area contributed by atoms with Crippen molar-refractivity contribution in [2.75, 3.05) is 39.5 Å². The zero-order valence-corrected chi connectivity index (χ0v) is 12.1. The number of carbonyl (C=O) groups is 4. The molecule has 0 spiro atoms. The minimum absolute atomic E-state index is 0.00886. The molecule has 1 aliphatic rings. The quantitative estimate of drug-likeness (QED) is 0.203. The van der Waals surface area contributed by atoms with Crippen LogP contribution in [0.5, 0.6) is 0 Å². The molecule has 120 valence electrons. The Hall–Kier alpha value is -2.24. The first kappa shape index (κ1) is 17.8. The van der Waals surface area contributed by atoms with Crippen LogP contribution >= 0.6 is 0 Å². The monoisotopic (exact) mass is 310 g/mol. The minimum Gasteiger partial charge on any atom is -0.379 e. The van der Waals surface area contributed by atoms with Crippen LogP contribution in [0.2, 0.25) is 0 Å². The second-order valence-electron chi connectivity index (χ2n) is 4.29. The predicted octanol–water partition coefficient (Wildman–Crippen LogP) is -1.51. The van der Waals surface area contributed by atoms with Crippen molar-refractivity contribution in [3.63, 3.8) is 0 Å². The fraction of sp³-hybridized carbons (Fsp3) is 0.571. The van der Waals surface area contributed by atoms with Crippen LogP contribution in [0.25, 0.3) is 0 Å². The Balaban J connectivity index is 1.94. The highest BCUT2D eigenvalue weighted by Crippen LogP contribution is 1.98. The van der Waals surface area contributed by atoms with Gasteiger partial charge in [-0.15, -0.1) is 0 Å². The molecule has 0 aromatic heterocycles. The Bertz CT molecular complexity index is 459. The van der Waals surface area contributed by atoms with Gasteiger partial charge in [0.05, 0.1) is 26.4 Å². The van der Waals surface area contributed by atoms with Crippen molar-refractivity contribution in [2.24, 2.45) is 0 Å². The van der Waals surface area contributed by atoms with Crippen LogP contribution in [-0.2, 0) is 28.7 Å². The lowest BCUT2D eigenvalue weighted by molar-refractivity contribution is -0.136. The fourth-order valence-corrected chi connectivity index (χ4v) is 1.55. The summed E-state index contributed by atoms with van der Waals surface area (Å²) in [5.41, 5.74) is 0. The SMILES string of the molecule is O=CCCOCCOCCNC(=O)CCN1C(=O)C#CC1=O. The van der Waals surface area contributed by atoms with E-state index in [1.54, 1.807) is 0 Å². The van der Waals surface area contributed by atoms with E-state index >= 15 is 0 Å². The summed E-state index contributed by atoms with van der Waals surface area (Å²) in [4.78, 5) is 44.8. The molecule has 0 radical (unpaired) electrons. The molecule has 0 atom stereocenters. The van der Waals surface area contributed by atoms with E-state index in [1.165, 1.54) is 0 Å². The highest BCUT2D eigenvalue weighted by molar-refractivity contribution is 6.18. The molecular formula is C14H18N2O6. The lowest BCUT2D eigenvalue weighted by Gasteiger charge is -2.12. The van der Waals surface area contributed by atoms with Gasteiger partial charge in [0.2, 0.25) is 5.91 Å². The molecule has 1 N–H and O–H groups in total. The summed E-state index contributed by atoms with van der Waals surface area (Å²) in [5.74, 6) is 2.84. The average Bonchev–Trinajstić information content (AvgIpc) is 2.82. The molecule has 0 saturated carbocycles. The van der Waals surface area contributed by atoms with Crippen molar-refractivity contribution < 1.29 is 28.7 Å². The number of nitrogens with one attached hydrogen (secondary N) is 1. The van der Waals surface area contributed by atoms with Gasteiger partial charge >= 0.3 is 11.8 Å². The standard InChI is InChI=1S/C14H18N2O6/c17-7-1-8-21-10-11-22-9-5-15-12(18)4-6-16-13(19)2-3-14(16)20/h7H,1,4-6,8-11H2,(H,15,18). The maximum atomic E-state index is 11.5. The molecule has 0 aliphatic carbocycles. The molecule has 0 saturated heterocycles. The molecule has 0 aromatic rings. The molecular weight excluding hydrogens is 292 g/mol. The normalized spacial score (nSPS) is 13.0. The van der Waals surface area contributed by atoms with Gasteiger partial charge in [0, 0.05) is 37.8 Å². The van der Waals surface area contributed by atoms with E-state index in [9.17, 15) is 19.2 Å². The molecule has 1 heterocycles. The number of carbonyl (C=O) groups excluding carboxylic acids is 4. The van der Waals surface area contributed by atoms with Gasteiger partial charge in [0.25, 0.3) is 0 Å². The first-order chi connectivity index (χ1) is 10.6. The molecule has 0 fully saturated rings. The van der Waals surface area contributed by atoms with Gasteiger partial charge in [-0.3, -0.25) is 19.3 Å². The number of hydrogen-bond donors (Lipinski definition) is 1. The van der Waals surface area contributed by atoms with Crippen LogP contribution in [0, 0.1) is 11.8 Å². The van der Waals surface area contributed by atoms with Gasteiger partial charge in [-0.25, -0.2) is 0 Å². The third kappa shape index (κ3) is 6.97. The van der Waals surface area contributed by atoms with Gasteiger partial charge in [-0.05, 0) is 0 Å². The van der Waals surface area contributed by atoms with Gasteiger partial charge in [0.15, 0.2) is 0 Å². The number of rotatable bonds is 12. The van der Waals surface area contributed by atoms with Crippen LogP contribution in [0.1, 0.15) is 12.8 Å². The van der Waals surface area contributed by atoms with Crippen molar-refractivity contribution in [3.8, 4) is 11.8 Å². The summed E-state index contributed by atoms with van der Waals surface area (Å²) in [6.07, 6.45) is 1.17. The highest BCUT2D eigenvalue weighted by atomic mass is 16.5. The van der Waals surface area contributed by atoms with E-state index in [0.29, 0.717) is 39.4 Å². The van der Waals surface area contributed by atoms with Gasteiger partial charge < -0.3 is 19.6 Å². The second-order valence-corrected chi connectivity index (χ2v) is 4.29.